The van der Waals surface area contributed by atoms with Crippen LogP contribution in [-0.2, 0) is 0 Å². The third-order valence-corrected chi connectivity index (χ3v) is 3.00. The van der Waals surface area contributed by atoms with Crippen molar-refractivity contribution in [2.75, 3.05) is 11.1 Å². The van der Waals surface area contributed by atoms with Crippen molar-refractivity contribution in [1.29, 1.82) is 0 Å². The number of nitrogens with two attached hydrogens (primary N) is 1. The normalized spacial score (nSPS) is 12.2. The minimum Gasteiger partial charge on any atom is -0.434 e. The van der Waals surface area contributed by atoms with E-state index in [0.717, 1.165) is 22.5 Å². The molecule has 0 fully saturated rings. The lowest BCUT2D eigenvalue weighted by atomic mass is 10.2. The maximum absolute atomic E-state index is 5.76. The third-order valence-electron chi connectivity index (χ3n) is 3.00. The van der Waals surface area contributed by atoms with Crippen LogP contribution in [0, 0.1) is 0 Å². The Morgan fingerprint density at radius 1 is 1.00 bits per heavy atom. The lowest BCUT2D eigenvalue weighted by Crippen LogP contribution is -2.06. The average Bonchev–Trinajstić information content (AvgIpc) is 2.43. The predicted molar refractivity (Wildman–Crippen MR) is 73.7 cm³/mol. The molecule has 1 aromatic heterocycles. The lowest BCUT2D eigenvalue weighted by molar-refractivity contribution is 0.461. The first-order valence-corrected chi connectivity index (χ1v) is 5.91. The monoisotopic (exact) mass is 250 g/mol. The van der Waals surface area contributed by atoms with Gasteiger partial charge in [0.2, 0.25) is 0 Å². The number of rotatable bonds is 0. The van der Waals surface area contributed by atoms with Crippen molar-refractivity contribution in [3.8, 4) is 11.6 Å². The molecule has 1 aliphatic rings. The molecule has 2 aromatic carbocycles. The topological polar surface area (TPSA) is 73.1 Å². The van der Waals surface area contributed by atoms with Gasteiger partial charge in [-0.1, -0.05) is 12.1 Å². The number of aromatic nitrogens is 2. The van der Waals surface area contributed by atoms with E-state index in [9.17, 15) is 0 Å². The molecule has 19 heavy (non-hydrogen) atoms. The Balaban J connectivity index is 1.91. The summed E-state index contributed by atoms with van der Waals surface area (Å²) in [5, 5.41) is 3.21. The number of nitrogens with one attached hydrogen (secondary N) is 1. The molecule has 0 saturated heterocycles. The van der Waals surface area contributed by atoms with Gasteiger partial charge in [-0.05, 0) is 30.3 Å². The molecule has 1 aliphatic heterocycles. The smallest absolute Gasteiger partial charge is 0.263 e. The van der Waals surface area contributed by atoms with E-state index in [-0.39, 0.29) is 0 Å². The number of ether oxygens (including phenoxy) is 1. The first-order chi connectivity index (χ1) is 9.29. The van der Waals surface area contributed by atoms with Crippen molar-refractivity contribution < 1.29 is 4.74 Å². The van der Waals surface area contributed by atoms with Crippen LogP contribution >= 0.6 is 0 Å². The summed E-state index contributed by atoms with van der Waals surface area (Å²) in [5.74, 6) is 1.84. The van der Waals surface area contributed by atoms with E-state index in [1.165, 1.54) is 0 Å². The number of nitrogens with zero attached hydrogens (tertiary/aromatic N) is 2. The van der Waals surface area contributed by atoms with E-state index in [1.807, 2.05) is 30.3 Å². The van der Waals surface area contributed by atoms with E-state index in [4.69, 9.17) is 10.5 Å². The van der Waals surface area contributed by atoms with Crippen LogP contribution in [0.2, 0.25) is 0 Å². The first kappa shape index (κ1) is 10.1. The Kier molecular flexibility index (Phi) is 1.91. The molecule has 3 aromatic rings. The van der Waals surface area contributed by atoms with Crippen molar-refractivity contribution >= 4 is 28.2 Å². The molecular weight excluding hydrogens is 240 g/mol. The maximum atomic E-state index is 5.76. The first-order valence-electron chi connectivity index (χ1n) is 5.91. The van der Waals surface area contributed by atoms with Gasteiger partial charge >= 0.3 is 0 Å². The fraction of sp³-hybridized carbons (Fsp3) is 0. The molecule has 0 bridgehead atoms. The van der Waals surface area contributed by atoms with Crippen LogP contribution in [0.15, 0.2) is 42.5 Å². The number of anilines is 3. The molecule has 0 amide bonds. The van der Waals surface area contributed by atoms with Gasteiger partial charge in [0.1, 0.15) is 0 Å². The van der Waals surface area contributed by atoms with Crippen LogP contribution in [0.25, 0.3) is 11.0 Å². The molecule has 5 nitrogen and oxygen atoms in total. The molecule has 0 spiro atoms. The standard InChI is InChI=1S/C14H10N4O/c15-8-5-6-9-11(7-8)17-13-14(18-9)19-12-4-2-1-3-10(12)16-13/h1-7H,15H2,(H,16,17). The highest BCUT2D eigenvalue weighted by Crippen LogP contribution is 2.40. The Hall–Kier alpha value is -2.82. The zero-order valence-corrected chi connectivity index (χ0v) is 9.92. The zero-order chi connectivity index (χ0) is 12.8. The highest BCUT2D eigenvalue weighted by atomic mass is 16.5. The summed E-state index contributed by atoms with van der Waals surface area (Å²) in [5.41, 5.74) is 8.81. The van der Waals surface area contributed by atoms with Gasteiger partial charge in [-0.2, -0.15) is 0 Å². The number of nitrogen functional groups attached to an aromatic ring is 1. The molecule has 0 atom stereocenters. The van der Waals surface area contributed by atoms with Gasteiger partial charge in [0, 0.05) is 5.69 Å². The highest BCUT2D eigenvalue weighted by Gasteiger charge is 2.19. The Morgan fingerprint density at radius 3 is 2.84 bits per heavy atom. The zero-order valence-electron chi connectivity index (χ0n) is 9.92. The van der Waals surface area contributed by atoms with E-state index < -0.39 is 0 Å². The van der Waals surface area contributed by atoms with Gasteiger partial charge in [0.05, 0.1) is 16.7 Å². The molecule has 4 rings (SSSR count). The summed E-state index contributed by atoms with van der Waals surface area (Å²) < 4.78 is 5.75. The van der Waals surface area contributed by atoms with Gasteiger partial charge in [0.25, 0.3) is 5.88 Å². The molecular formula is C14H10N4O. The molecule has 5 heteroatoms. The van der Waals surface area contributed by atoms with E-state index >= 15 is 0 Å². The predicted octanol–water partition coefficient (Wildman–Crippen LogP) is 3.06. The molecule has 0 aliphatic carbocycles. The molecule has 3 N–H and O–H groups in total. The van der Waals surface area contributed by atoms with Crippen LogP contribution in [0.5, 0.6) is 11.6 Å². The number of fused-ring (bicyclic) bond motifs is 3. The fourth-order valence-corrected chi connectivity index (χ4v) is 2.10. The second-order valence-electron chi connectivity index (χ2n) is 4.35. The Bertz CT molecular complexity index is 801. The molecule has 0 radical (unpaired) electrons. The van der Waals surface area contributed by atoms with Crippen LogP contribution < -0.4 is 15.8 Å². The summed E-state index contributed by atoms with van der Waals surface area (Å²) in [6.45, 7) is 0. The molecule has 0 saturated carbocycles. The van der Waals surface area contributed by atoms with Crippen molar-refractivity contribution in [3.63, 3.8) is 0 Å². The van der Waals surface area contributed by atoms with Gasteiger partial charge in [-0.25, -0.2) is 9.97 Å². The number of para-hydroxylation sites is 2. The highest BCUT2D eigenvalue weighted by molar-refractivity contribution is 5.83. The second kappa shape index (κ2) is 3.58. The van der Waals surface area contributed by atoms with Crippen LogP contribution in [0.3, 0.4) is 0 Å². The van der Waals surface area contributed by atoms with Gasteiger partial charge in [0.15, 0.2) is 11.6 Å². The fourth-order valence-electron chi connectivity index (χ4n) is 2.10. The summed E-state index contributed by atoms with van der Waals surface area (Å²) >= 11 is 0. The van der Waals surface area contributed by atoms with Crippen LogP contribution in [0.1, 0.15) is 0 Å². The average molecular weight is 250 g/mol. The van der Waals surface area contributed by atoms with E-state index in [0.29, 0.717) is 17.4 Å². The number of hydrogen-bond acceptors (Lipinski definition) is 5. The largest absolute Gasteiger partial charge is 0.434 e. The van der Waals surface area contributed by atoms with Crippen molar-refractivity contribution in [2.45, 2.75) is 0 Å². The van der Waals surface area contributed by atoms with Gasteiger partial charge < -0.3 is 15.8 Å². The minimum atomic E-state index is 0.482. The maximum Gasteiger partial charge on any atom is 0.263 e. The van der Waals surface area contributed by atoms with Crippen LogP contribution in [0.4, 0.5) is 17.2 Å². The summed E-state index contributed by atoms with van der Waals surface area (Å²) in [4.78, 5) is 8.95. The molecule has 0 unspecified atom stereocenters. The Labute approximate surface area is 109 Å². The van der Waals surface area contributed by atoms with E-state index in [1.54, 1.807) is 12.1 Å². The summed E-state index contributed by atoms with van der Waals surface area (Å²) in [7, 11) is 0. The quantitative estimate of drug-likeness (QED) is 0.469. The summed E-state index contributed by atoms with van der Waals surface area (Å²) in [6.07, 6.45) is 0. The van der Waals surface area contributed by atoms with Crippen molar-refractivity contribution in [2.24, 2.45) is 0 Å². The SMILES string of the molecule is Nc1ccc2nc3c(nc2c1)Nc1ccccc1O3. The number of hydrogen-bond donors (Lipinski definition) is 2. The number of benzene rings is 2. The minimum absolute atomic E-state index is 0.482. The van der Waals surface area contributed by atoms with Gasteiger partial charge in [-0.15, -0.1) is 0 Å². The van der Waals surface area contributed by atoms with Gasteiger partial charge in [-0.3, -0.25) is 0 Å². The van der Waals surface area contributed by atoms with Crippen molar-refractivity contribution in [1.82, 2.24) is 9.97 Å². The third kappa shape index (κ3) is 1.55. The molecule has 2 heterocycles. The lowest BCUT2D eigenvalue weighted by Gasteiger charge is -2.19. The Morgan fingerprint density at radius 2 is 1.89 bits per heavy atom. The summed E-state index contributed by atoms with van der Waals surface area (Å²) in [6, 6.07) is 13.1. The molecule has 92 valence electrons. The van der Waals surface area contributed by atoms with E-state index in [2.05, 4.69) is 15.3 Å². The van der Waals surface area contributed by atoms with Crippen LogP contribution in [-0.4, -0.2) is 9.97 Å². The van der Waals surface area contributed by atoms with Crippen molar-refractivity contribution in [3.05, 3.63) is 42.5 Å². The second-order valence-corrected chi connectivity index (χ2v) is 4.35.